The van der Waals surface area contributed by atoms with Gasteiger partial charge in [0.05, 0.1) is 5.52 Å². The van der Waals surface area contributed by atoms with Gasteiger partial charge in [0, 0.05) is 10.9 Å². The van der Waals surface area contributed by atoms with E-state index in [1.54, 1.807) is 24.3 Å². The van der Waals surface area contributed by atoms with Crippen LogP contribution in [0.1, 0.15) is 5.56 Å². The first-order valence-corrected chi connectivity index (χ1v) is 4.88. The van der Waals surface area contributed by atoms with Gasteiger partial charge in [0.2, 0.25) is 10.6 Å². The lowest BCUT2D eigenvalue weighted by atomic mass is 10.2. The van der Waals surface area contributed by atoms with Crippen LogP contribution in [-0.4, -0.2) is 4.98 Å². The Morgan fingerprint density at radius 3 is 2.71 bits per heavy atom. The summed E-state index contributed by atoms with van der Waals surface area (Å²) in [5, 5.41) is 3.79. The molecule has 1 heterocycles. The maximum atomic E-state index is 12.1. The summed E-state index contributed by atoms with van der Waals surface area (Å²) in [6.45, 7) is 1.49. The molecule has 0 unspecified atom stereocenters. The van der Waals surface area contributed by atoms with E-state index < -0.39 is 5.56 Å². The van der Waals surface area contributed by atoms with Gasteiger partial charge < -0.3 is 4.98 Å². The van der Waals surface area contributed by atoms with Crippen molar-refractivity contribution < 1.29 is 0 Å². The molecule has 0 saturated carbocycles. The second-order valence-electron chi connectivity index (χ2n) is 3.50. The van der Waals surface area contributed by atoms with E-state index in [0.29, 0.717) is 10.9 Å². The summed E-state index contributed by atoms with van der Waals surface area (Å²) in [6, 6.07) is 6.70. The first-order valence-electron chi connectivity index (χ1n) is 4.88. The molecular formula is C11H9N4O2+. The van der Waals surface area contributed by atoms with Crippen LogP contribution in [0.4, 0.5) is 5.69 Å². The van der Waals surface area contributed by atoms with Crippen molar-refractivity contribution in [3.63, 3.8) is 0 Å². The summed E-state index contributed by atoms with van der Waals surface area (Å²) in [5.74, 6) is 0. The number of para-hydroxylation sites is 1. The Kier molecular flexibility index (Phi) is 2.64. The molecule has 0 aliphatic heterocycles. The minimum Gasteiger partial charge on any atom is -0.320 e. The smallest absolute Gasteiger partial charge is 0.282 e. The van der Waals surface area contributed by atoms with Crippen LogP contribution in [-0.2, 0) is 0 Å². The van der Waals surface area contributed by atoms with Gasteiger partial charge in [-0.25, -0.2) is 0 Å². The highest BCUT2D eigenvalue weighted by Gasteiger charge is 2.12. The Morgan fingerprint density at radius 1 is 1.29 bits per heavy atom. The standard InChI is InChI=1S/C11H8N4O2/c1-6-9(14-15-12)11(17)13-8-5-3-2-4-7(8)10(6)16/h2-5,12H,1H3/p+1. The van der Waals surface area contributed by atoms with Crippen molar-refractivity contribution in [2.75, 3.05) is 0 Å². The van der Waals surface area contributed by atoms with Gasteiger partial charge in [-0.1, -0.05) is 12.1 Å². The molecule has 17 heavy (non-hydrogen) atoms. The molecule has 0 fully saturated rings. The molecule has 84 valence electrons. The molecule has 2 N–H and O–H groups in total. The van der Waals surface area contributed by atoms with Crippen LogP contribution in [0.5, 0.6) is 0 Å². The highest BCUT2D eigenvalue weighted by Crippen LogP contribution is 2.10. The van der Waals surface area contributed by atoms with Gasteiger partial charge in [0.15, 0.2) is 10.5 Å². The molecule has 2 rings (SSSR count). The van der Waals surface area contributed by atoms with Crippen molar-refractivity contribution in [3.8, 4) is 0 Å². The van der Waals surface area contributed by atoms with Gasteiger partial charge in [0.25, 0.3) is 5.56 Å². The van der Waals surface area contributed by atoms with E-state index >= 15 is 0 Å². The molecule has 0 radical (unpaired) electrons. The largest absolute Gasteiger partial charge is 0.320 e. The number of benzene rings is 1. The van der Waals surface area contributed by atoms with Crippen molar-refractivity contribution in [1.29, 1.82) is 5.53 Å². The van der Waals surface area contributed by atoms with Crippen molar-refractivity contribution in [3.05, 3.63) is 50.4 Å². The molecule has 0 aliphatic rings. The van der Waals surface area contributed by atoms with Crippen LogP contribution in [0, 0.1) is 12.5 Å². The highest BCUT2D eigenvalue weighted by molar-refractivity contribution is 5.79. The maximum Gasteiger partial charge on any atom is 0.282 e. The topological polar surface area (TPSA) is 100 Å². The second-order valence-corrected chi connectivity index (χ2v) is 3.50. The lowest BCUT2D eigenvalue weighted by Crippen LogP contribution is -2.05. The zero-order chi connectivity index (χ0) is 12.4. The van der Waals surface area contributed by atoms with E-state index in [-0.39, 0.29) is 16.7 Å². The lowest BCUT2D eigenvalue weighted by molar-refractivity contribution is 0.980. The van der Waals surface area contributed by atoms with Crippen LogP contribution in [0.25, 0.3) is 10.9 Å². The van der Waals surface area contributed by atoms with E-state index in [1.165, 1.54) is 6.92 Å². The average molecular weight is 229 g/mol. The van der Waals surface area contributed by atoms with Gasteiger partial charge in [-0.2, -0.15) is 0 Å². The molecule has 6 heteroatoms. The Bertz CT molecular complexity index is 757. The quantitative estimate of drug-likeness (QED) is 0.570. The molecule has 0 aliphatic carbocycles. The highest BCUT2D eigenvalue weighted by atomic mass is 16.1. The third kappa shape index (κ3) is 1.77. The van der Waals surface area contributed by atoms with Crippen molar-refractivity contribution in [2.24, 2.45) is 5.11 Å². The van der Waals surface area contributed by atoms with E-state index in [1.807, 2.05) is 0 Å². The molecule has 0 saturated heterocycles. The Balaban J connectivity index is 3.15. The molecule has 0 spiro atoms. The number of hydrogen-bond acceptors (Lipinski definition) is 4. The zero-order valence-corrected chi connectivity index (χ0v) is 9.02. The third-order valence-corrected chi connectivity index (χ3v) is 2.48. The molecular weight excluding hydrogens is 220 g/mol. The van der Waals surface area contributed by atoms with Gasteiger partial charge >= 0.3 is 0 Å². The summed E-state index contributed by atoms with van der Waals surface area (Å²) < 4.78 is 0. The number of aromatic nitrogens is 1. The molecule has 1 aromatic heterocycles. The number of fused-ring (bicyclic) bond motifs is 1. The van der Waals surface area contributed by atoms with E-state index in [2.05, 4.69) is 15.0 Å². The summed E-state index contributed by atoms with van der Waals surface area (Å²) in [4.78, 5) is 29.2. The van der Waals surface area contributed by atoms with Gasteiger partial charge in [-0.3, -0.25) is 9.59 Å². The third-order valence-electron chi connectivity index (χ3n) is 2.48. The minimum absolute atomic E-state index is 0.124. The molecule has 0 bridgehead atoms. The number of nitrogens with one attached hydrogen (secondary N) is 2. The summed E-state index contributed by atoms with van der Waals surface area (Å²) in [7, 11) is 0. The molecule has 2 aromatic rings. The zero-order valence-electron chi connectivity index (χ0n) is 9.02. The first kappa shape index (κ1) is 10.9. The minimum atomic E-state index is -0.531. The maximum absolute atomic E-state index is 12.1. The fraction of sp³-hybridized carbons (Fsp3) is 0.0909. The number of rotatable bonds is 1. The average Bonchev–Trinajstić information content (AvgIpc) is 2.42. The normalized spacial score (nSPS) is 9.94. The lowest BCUT2D eigenvalue weighted by Gasteiger charge is -1.88. The van der Waals surface area contributed by atoms with Crippen LogP contribution < -0.4 is 15.9 Å². The Hall–Kier alpha value is -2.59. The molecule has 6 nitrogen and oxygen atoms in total. The second kappa shape index (κ2) is 4.11. The van der Waals surface area contributed by atoms with Gasteiger partial charge in [0.1, 0.15) is 5.53 Å². The van der Waals surface area contributed by atoms with Crippen LogP contribution in [0.3, 0.4) is 0 Å². The predicted molar refractivity (Wildman–Crippen MR) is 62.5 cm³/mol. The number of H-pyrrole nitrogens is 1. The molecule has 0 amide bonds. The van der Waals surface area contributed by atoms with Gasteiger partial charge in [-0.05, 0) is 19.1 Å². The van der Waals surface area contributed by atoms with E-state index in [9.17, 15) is 9.59 Å². The van der Waals surface area contributed by atoms with Crippen LogP contribution >= 0.6 is 0 Å². The molecule has 0 atom stereocenters. The van der Waals surface area contributed by atoms with Crippen molar-refractivity contribution >= 4 is 16.6 Å². The summed E-state index contributed by atoms with van der Waals surface area (Å²) in [6.07, 6.45) is 0. The number of hydrogen-bond donors (Lipinski definition) is 2. The van der Waals surface area contributed by atoms with Crippen LogP contribution in [0.2, 0.25) is 0 Å². The fourth-order valence-electron chi connectivity index (χ4n) is 1.62. The first-order chi connectivity index (χ1) is 8.15. The SMILES string of the molecule is Cc1c(N=[N+]=N)c(=O)[nH]c2ccccc2c1=O. The van der Waals surface area contributed by atoms with Gasteiger partial charge in [-0.15, -0.1) is 0 Å². The monoisotopic (exact) mass is 229 g/mol. The Morgan fingerprint density at radius 2 is 2.00 bits per heavy atom. The summed E-state index contributed by atoms with van der Waals surface area (Å²) >= 11 is 0. The number of aromatic amines is 1. The fourth-order valence-corrected chi connectivity index (χ4v) is 1.62. The van der Waals surface area contributed by atoms with E-state index in [4.69, 9.17) is 5.53 Å². The summed E-state index contributed by atoms with van der Waals surface area (Å²) in [5.41, 5.74) is 6.33. The number of nitrogens with zero attached hydrogens (tertiary/aromatic N) is 2. The Labute approximate surface area is 95.2 Å². The van der Waals surface area contributed by atoms with Crippen molar-refractivity contribution in [2.45, 2.75) is 6.92 Å². The predicted octanol–water partition coefficient (Wildman–Crippen LogP) is 1.38. The van der Waals surface area contributed by atoms with Crippen molar-refractivity contribution in [1.82, 2.24) is 9.90 Å². The van der Waals surface area contributed by atoms with E-state index in [0.717, 1.165) is 0 Å². The molecule has 1 aromatic carbocycles. The van der Waals surface area contributed by atoms with Crippen LogP contribution in [0.15, 0.2) is 39.0 Å².